The van der Waals surface area contributed by atoms with Crippen LogP contribution in [-0.2, 0) is 16.0 Å². The van der Waals surface area contributed by atoms with Gasteiger partial charge in [0.25, 0.3) is 0 Å². The number of aromatic amines is 1. The zero-order valence-electron chi connectivity index (χ0n) is 17.3. The Balaban J connectivity index is 1.80. The van der Waals surface area contributed by atoms with E-state index in [0.717, 1.165) is 33.3 Å². The van der Waals surface area contributed by atoms with Crippen LogP contribution < -0.4 is 4.90 Å². The molecule has 162 valence electrons. The largest absolute Gasteiger partial charge is 0.467 e. The van der Waals surface area contributed by atoms with Crippen molar-refractivity contribution >= 4 is 46.0 Å². The van der Waals surface area contributed by atoms with E-state index < -0.39 is 18.1 Å². The van der Waals surface area contributed by atoms with E-state index in [0.29, 0.717) is 6.42 Å². The standard InChI is InChI=1S/C23H19Cl2N5O2/c1-12-7-9-13(10-8-12)19-18-15(14-5-3-4-6-16(14)26-18)11-17(20(31)32-2)30(19)23-28-21(24)27-22(25)29-23/h3-10,17,19,26H,11H2,1-2H3/t17-,19-/m0/s1. The van der Waals surface area contributed by atoms with Crippen LogP contribution in [0.3, 0.4) is 0 Å². The van der Waals surface area contributed by atoms with Crippen LogP contribution in [0.4, 0.5) is 5.95 Å². The van der Waals surface area contributed by atoms with Crippen LogP contribution in [-0.4, -0.2) is 39.1 Å². The van der Waals surface area contributed by atoms with E-state index >= 15 is 0 Å². The molecule has 1 N–H and O–H groups in total. The summed E-state index contributed by atoms with van der Waals surface area (Å²) < 4.78 is 5.18. The number of carbonyl (C=O) groups is 1. The highest BCUT2D eigenvalue weighted by Crippen LogP contribution is 2.42. The zero-order valence-corrected chi connectivity index (χ0v) is 18.9. The molecule has 9 heteroatoms. The number of nitrogens with one attached hydrogen (secondary N) is 1. The lowest BCUT2D eigenvalue weighted by Gasteiger charge is -2.40. The Labute approximate surface area is 194 Å². The number of nitrogens with zero attached hydrogens (tertiary/aromatic N) is 4. The number of rotatable bonds is 3. The first kappa shape index (κ1) is 20.7. The number of hydrogen-bond acceptors (Lipinski definition) is 6. The minimum Gasteiger partial charge on any atom is -0.467 e. The van der Waals surface area contributed by atoms with Crippen molar-refractivity contribution in [3.8, 4) is 0 Å². The number of H-pyrrole nitrogens is 1. The molecule has 3 heterocycles. The van der Waals surface area contributed by atoms with Crippen LogP contribution in [0.1, 0.15) is 28.4 Å². The Morgan fingerprint density at radius 3 is 2.44 bits per heavy atom. The first-order chi connectivity index (χ1) is 15.5. The van der Waals surface area contributed by atoms with Crippen molar-refractivity contribution in [3.63, 3.8) is 0 Å². The van der Waals surface area contributed by atoms with E-state index in [1.165, 1.54) is 7.11 Å². The van der Waals surface area contributed by atoms with E-state index in [-0.39, 0.29) is 16.5 Å². The third-order valence-corrected chi connectivity index (χ3v) is 6.14. The minimum absolute atomic E-state index is 0.0475. The number of esters is 1. The lowest BCUT2D eigenvalue weighted by Crippen LogP contribution is -2.50. The van der Waals surface area contributed by atoms with Crippen LogP contribution in [0.5, 0.6) is 0 Å². The molecule has 0 unspecified atom stereocenters. The molecule has 0 fully saturated rings. The number of fused-ring (bicyclic) bond motifs is 3. The molecular weight excluding hydrogens is 449 g/mol. The topological polar surface area (TPSA) is 84.0 Å². The predicted octanol–water partition coefficient (Wildman–Crippen LogP) is 4.66. The zero-order chi connectivity index (χ0) is 22.4. The first-order valence-corrected chi connectivity index (χ1v) is 10.8. The average Bonchev–Trinajstić information content (AvgIpc) is 3.15. The highest BCUT2D eigenvalue weighted by molar-refractivity contribution is 6.31. The number of carbonyl (C=O) groups excluding carboxylic acids is 1. The van der Waals surface area contributed by atoms with Gasteiger partial charge in [-0.25, -0.2) is 4.79 Å². The Morgan fingerprint density at radius 1 is 1.06 bits per heavy atom. The molecule has 0 bridgehead atoms. The van der Waals surface area contributed by atoms with Gasteiger partial charge in [-0.15, -0.1) is 0 Å². The van der Waals surface area contributed by atoms with Crippen molar-refractivity contribution in [2.45, 2.75) is 25.4 Å². The molecule has 1 aliphatic rings. The Bertz CT molecular complexity index is 1300. The van der Waals surface area contributed by atoms with Gasteiger partial charge >= 0.3 is 5.97 Å². The summed E-state index contributed by atoms with van der Waals surface area (Å²) in [4.78, 5) is 30.9. The number of hydrogen-bond donors (Lipinski definition) is 1. The molecule has 0 amide bonds. The molecule has 0 spiro atoms. The number of halogens is 2. The summed E-state index contributed by atoms with van der Waals surface area (Å²) in [5, 5.41) is 0.974. The number of anilines is 1. The van der Waals surface area contributed by atoms with E-state index in [9.17, 15) is 4.79 Å². The van der Waals surface area contributed by atoms with Gasteiger partial charge in [-0.05, 0) is 47.3 Å². The summed E-state index contributed by atoms with van der Waals surface area (Å²) in [5.74, 6) is -0.189. The van der Waals surface area contributed by atoms with Gasteiger partial charge in [-0.2, -0.15) is 15.0 Å². The fourth-order valence-electron chi connectivity index (χ4n) is 4.38. The molecule has 7 nitrogen and oxygen atoms in total. The van der Waals surface area contributed by atoms with Crippen molar-refractivity contribution < 1.29 is 9.53 Å². The van der Waals surface area contributed by atoms with E-state index in [4.69, 9.17) is 27.9 Å². The summed E-state index contributed by atoms with van der Waals surface area (Å²) >= 11 is 12.2. The fourth-order valence-corrected chi connectivity index (χ4v) is 4.73. The summed E-state index contributed by atoms with van der Waals surface area (Å²) in [6.45, 7) is 2.03. The molecule has 1 aliphatic heterocycles. The first-order valence-electron chi connectivity index (χ1n) is 10.1. The van der Waals surface area contributed by atoms with Crippen molar-refractivity contribution in [1.82, 2.24) is 19.9 Å². The van der Waals surface area contributed by atoms with Crippen molar-refractivity contribution in [1.29, 1.82) is 0 Å². The maximum atomic E-state index is 13.0. The molecule has 32 heavy (non-hydrogen) atoms. The second kappa shape index (κ2) is 8.07. The molecular formula is C23H19Cl2N5O2. The molecule has 4 aromatic rings. The molecule has 5 rings (SSSR count). The van der Waals surface area contributed by atoms with Crippen molar-refractivity contribution in [2.24, 2.45) is 0 Å². The Morgan fingerprint density at radius 2 is 1.75 bits per heavy atom. The van der Waals surface area contributed by atoms with Gasteiger partial charge in [-0.1, -0.05) is 48.0 Å². The van der Waals surface area contributed by atoms with Gasteiger partial charge < -0.3 is 14.6 Å². The average molecular weight is 468 g/mol. The monoisotopic (exact) mass is 467 g/mol. The molecule has 2 atom stereocenters. The number of benzene rings is 2. The van der Waals surface area contributed by atoms with Crippen molar-refractivity contribution in [2.75, 3.05) is 12.0 Å². The van der Waals surface area contributed by atoms with Gasteiger partial charge in [0.15, 0.2) is 0 Å². The summed E-state index contributed by atoms with van der Waals surface area (Å²) in [6, 6.07) is 15.1. The predicted molar refractivity (Wildman–Crippen MR) is 123 cm³/mol. The molecule has 2 aromatic heterocycles. The van der Waals surface area contributed by atoms with Gasteiger partial charge in [0, 0.05) is 23.0 Å². The van der Waals surface area contributed by atoms with Gasteiger partial charge in [-0.3, -0.25) is 0 Å². The second-order valence-corrected chi connectivity index (χ2v) is 8.38. The minimum atomic E-state index is -0.687. The summed E-state index contributed by atoms with van der Waals surface area (Å²) in [7, 11) is 1.37. The van der Waals surface area contributed by atoms with Gasteiger partial charge in [0.05, 0.1) is 13.2 Å². The van der Waals surface area contributed by atoms with Gasteiger partial charge in [0.2, 0.25) is 16.5 Å². The van der Waals surface area contributed by atoms with E-state index in [1.807, 2.05) is 54.3 Å². The highest BCUT2D eigenvalue weighted by Gasteiger charge is 2.43. The van der Waals surface area contributed by atoms with Crippen LogP contribution in [0, 0.1) is 6.92 Å². The van der Waals surface area contributed by atoms with Crippen LogP contribution in [0.25, 0.3) is 10.9 Å². The maximum absolute atomic E-state index is 13.0. The smallest absolute Gasteiger partial charge is 0.328 e. The number of para-hydroxylation sites is 1. The summed E-state index contributed by atoms with van der Waals surface area (Å²) in [5.41, 5.74) is 5.10. The molecule has 0 aliphatic carbocycles. The Hall–Kier alpha value is -3.16. The number of methoxy groups -OCH3 is 1. The molecule has 0 radical (unpaired) electrons. The SMILES string of the molecule is COC(=O)[C@@H]1Cc2c([nH]c3ccccc23)[C@H](c2ccc(C)cc2)N1c1nc(Cl)nc(Cl)n1. The van der Waals surface area contributed by atoms with Crippen molar-refractivity contribution in [3.05, 3.63) is 81.5 Å². The number of ether oxygens (including phenoxy) is 1. The third kappa shape index (κ3) is 3.47. The molecule has 0 saturated carbocycles. The fraction of sp³-hybridized carbons (Fsp3) is 0.217. The highest BCUT2D eigenvalue weighted by atomic mass is 35.5. The van der Waals surface area contributed by atoms with Crippen LogP contribution in [0.15, 0.2) is 48.5 Å². The normalized spacial score (nSPS) is 17.9. The van der Waals surface area contributed by atoms with Crippen LogP contribution >= 0.6 is 23.2 Å². The summed E-state index contributed by atoms with van der Waals surface area (Å²) in [6.07, 6.45) is 0.412. The second-order valence-electron chi connectivity index (χ2n) is 7.70. The quantitative estimate of drug-likeness (QED) is 0.441. The van der Waals surface area contributed by atoms with E-state index in [2.05, 4.69) is 26.0 Å². The van der Waals surface area contributed by atoms with Gasteiger partial charge in [0.1, 0.15) is 6.04 Å². The molecule has 2 aromatic carbocycles. The number of aryl methyl sites for hydroxylation is 1. The lowest BCUT2D eigenvalue weighted by atomic mass is 9.88. The maximum Gasteiger partial charge on any atom is 0.328 e. The lowest BCUT2D eigenvalue weighted by molar-refractivity contribution is -0.142. The van der Waals surface area contributed by atoms with E-state index in [1.54, 1.807) is 0 Å². The Kier molecular flexibility index (Phi) is 5.23. The van der Waals surface area contributed by atoms with Crippen LogP contribution in [0.2, 0.25) is 10.6 Å². The molecule has 0 saturated heterocycles. The third-order valence-electron chi connectivity index (χ3n) is 5.80. The number of aromatic nitrogens is 4.